The Kier molecular flexibility index (Phi) is 4.79. The molecule has 118 valence electrons. The lowest BCUT2D eigenvalue weighted by molar-refractivity contribution is 0.207. The summed E-state index contributed by atoms with van der Waals surface area (Å²) in [5.41, 5.74) is 2.20. The molecule has 0 fully saturated rings. The number of pyridine rings is 1. The van der Waals surface area contributed by atoms with Crippen LogP contribution in [0.5, 0.6) is 5.75 Å². The Morgan fingerprint density at radius 2 is 1.87 bits per heavy atom. The summed E-state index contributed by atoms with van der Waals surface area (Å²) in [7, 11) is 0. The van der Waals surface area contributed by atoms with Gasteiger partial charge in [0.15, 0.2) is 0 Å². The molecule has 0 unspecified atom stereocenters. The molecule has 0 spiro atoms. The minimum absolute atomic E-state index is 0.201. The summed E-state index contributed by atoms with van der Waals surface area (Å²) in [5, 5.41) is 11.3. The van der Waals surface area contributed by atoms with E-state index in [9.17, 15) is 9.90 Å². The number of halogens is 1. The molecule has 0 aliphatic heterocycles. The highest BCUT2D eigenvalue weighted by Crippen LogP contribution is 2.30. The van der Waals surface area contributed by atoms with Gasteiger partial charge in [-0.25, -0.2) is 0 Å². The van der Waals surface area contributed by atoms with Crippen LogP contribution in [0.1, 0.15) is 17.2 Å². The Labute approximate surface area is 141 Å². The molecule has 5 heteroatoms. The number of aromatic amines is 1. The van der Waals surface area contributed by atoms with Gasteiger partial charge in [0.25, 0.3) is 0 Å². The first-order valence-corrected chi connectivity index (χ1v) is 8.38. The van der Waals surface area contributed by atoms with E-state index in [0.29, 0.717) is 23.2 Å². The van der Waals surface area contributed by atoms with E-state index in [1.54, 1.807) is 12.1 Å². The van der Waals surface area contributed by atoms with Crippen molar-refractivity contribution in [2.24, 2.45) is 0 Å². The van der Waals surface area contributed by atoms with Crippen LogP contribution >= 0.6 is 15.9 Å². The van der Waals surface area contributed by atoms with Gasteiger partial charge in [-0.15, -0.1) is 0 Å². The van der Waals surface area contributed by atoms with Crippen LogP contribution in [0.3, 0.4) is 0 Å². The lowest BCUT2D eigenvalue weighted by Gasteiger charge is -2.14. The van der Waals surface area contributed by atoms with Crippen LogP contribution in [0.4, 0.5) is 0 Å². The summed E-state index contributed by atoms with van der Waals surface area (Å²) in [5.74, 6) is 0.590. The van der Waals surface area contributed by atoms with Crippen LogP contribution in [-0.2, 0) is 6.61 Å². The molecule has 1 heterocycles. The largest absolute Gasteiger partial charge is 0.487 e. The molecule has 0 saturated heterocycles. The lowest BCUT2D eigenvalue weighted by Crippen LogP contribution is -2.07. The van der Waals surface area contributed by atoms with Crippen molar-refractivity contribution in [2.75, 3.05) is 5.33 Å². The molecule has 2 aromatic carbocycles. The predicted molar refractivity (Wildman–Crippen MR) is 94.1 cm³/mol. The van der Waals surface area contributed by atoms with Crippen molar-refractivity contribution in [2.45, 2.75) is 12.7 Å². The first kappa shape index (κ1) is 15.8. The maximum atomic E-state index is 11.7. The highest BCUT2D eigenvalue weighted by atomic mass is 79.9. The Balaban J connectivity index is 2.00. The van der Waals surface area contributed by atoms with Gasteiger partial charge in [-0.05, 0) is 23.3 Å². The standard InChI is InChI=1S/C18H16BrNO3/c19-10-15(21)13-6-8-16(18-14(13)7-9-17(22)20-18)23-11-12-4-2-1-3-5-12/h1-9,15,21H,10-11H2,(H,20,22)/t15-/m1/s1. The fraction of sp³-hybridized carbons (Fsp3) is 0.167. The maximum absolute atomic E-state index is 11.7. The fourth-order valence-electron chi connectivity index (χ4n) is 2.48. The molecule has 1 aromatic heterocycles. The molecule has 23 heavy (non-hydrogen) atoms. The molecule has 0 aliphatic carbocycles. The number of benzene rings is 2. The molecule has 0 saturated carbocycles. The quantitative estimate of drug-likeness (QED) is 0.672. The van der Waals surface area contributed by atoms with Crippen molar-refractivity contribution < 1.29 is 9.84 Å². The number of rotatable bonds is 5. The number of hydrogen-bond acceptors (Lipinski definition) is 3. The zero-order valence-corrected chi connectivity index (χ0v) is 13.9. The van der Waals surface area contributed by atoms with Crippen molar-refractivity contribution in [1.82, 2.24) is 4.98 Å². The van der Waals surface area contributed by atoms with Crippen molar-refractivity contribution >= 4 is 26.8 Å². The topological polar surface area (TPSA) is 62.3 Å². The van der Waals surface area contributed by atoms with E-state index in [-0.39, 0.29) is 5.56 Å². The third-order valence-electron chi connectivity index (χ3n) is 3.63. The van der Waals surface area contributed by atoms with E-state index in [2.05, 4.69) is 20.9 Å². The van der Waals surface area contributed by atoms with Gasteiger partial charge in [0, 0.05) is 16.8 Å². The Morgan fingerprint density at radius 3 is 2.61 bits per heavy atom. The molecule has 0 amide bonds. The minimum atomic E-state index is -0.647. The number of ether oxygens (including phenoxy) is 1. The van der Waals surface area contributed by atoms with Gasteiger partial charge in [-0.3, -0.25) is 4.79 Å². The van der Waals surface area contributed by atoms with Crippen LogP contribution in [0.2, 0.25) is 0 Å². The molecule has 0 bridgehead atoms. The smallest absolute Gasteiger partial charge is 0.248 e. The summed E-state index contributed by atoms with van der Waals surface area (Å²) >= 11 is 3.28. The molecule has 2 N–H and O–H groups in total. The molecule has 1 atom stereocenters. The number of aliphatic hydroxyl groups is 1. The van der Waals surface area contributed by atoms with E-state index in [4.69, 9.17) is 4.74 Å². The molecule has 3 aromatic rings. The SMILES string of the molecule is O=c1ccc2c([C@H](O)CBr)ccc(OCc3ccccc3)c2[nH]1. The highest BCUT2D eigenvalue weighted by molar-refractivity contribution is 9.09. The Hall–Kier alpha value is -2.11. The third kappa shape index (κ3) is 3.46. The van der Waals surface area contributed by atoms with Gasteiger partial charge in [0.1, 0.15) is 12.4 Å². The van der Waals surface area contributed by atoms with Crippen LogP contribution in [0.15, 0.2) is 59.4 Å². The Morgan fingerprint density at radius 1 is 1.09 bits per heavy atom. The van der Waals surface area contributed by atoms with Crippen molar-refractivity contribution in [3.8, 4) is 5.75 Å². The maximum Gasteiger partial charge on any atom is 0.248 e. The van der Waals surface area contributed by atoms with Crippen LogP contribution in [0.25, 0.3) is 10.9 Å². The summed E-state index contributed by atoms with van der Waals surface area (Å²) < 4.78 is 5.87. The van der Waals surface area contributed by atoms with E-state index in [0.717, 1.165) is 16.5 Å². The number of nitrogens with one attached hydrogen (secondary N) is 1. The molecule has 0 radical (unpaired) electrons. The molecule has 0 aliphatic rings. The summed E-state index contributed by atoms with van der Waals surface area (Å²) in [4.78, 5) is 14.5. The second kappa shape index (κ2) is 6.98. The number of aliphatic hydroxyl groups excluding tert-OH is 1. The third-order valence-corrected chi connectivity index (χ3v) is 4.25. The first-order chi connectivity index (χ1) is 11.2. The van der Waals surface area contributed by atoms with Crippen LogP contribution < -0.4 is 10.3 Å². The number of hydrogen-bond donors (Lipinski definition) is 2. The summed E-state index contributed by atoms with van der Waals surface area (Å²) in [6.45, 7) is 0.410. The zero-order valence-electron chi connectivity index (χ0n) is 12.3. The molecule has 4 nitrogen and oxygen atoms in total. The number of alkyl halides is 1. The van der Waals surface area contributed by atoms with Gasteiger partial charge in [-0.1, -0.05) is 52.3 Å². The van der Waals surface area contributed by atoms with E-state index in [1.807, 2.05) is 36.4 Å². The fourth-order valence-corrected chi connectivity index (χ4v) is 2.83. The number of aromatic nitrogens is 1. The predicted octanol–water partition coefficient (Wildman–Crippen LogP) is 3.54. The van der Waals surface area contributed by atoms with E-state index < -0.39 is 6.10 Å². The normalized spacial score (nSPS) is 12.3. The zero-order chi connectivity index (χ0) is 16.2. The highest BCUT2D eigenvalue weighted by Gasteiger charge is 2.14. The van der Waals surface area contributed by atoms with Crippen molar-refractivity contribution in [3.63, 3.8) is 0 Å². The number of fused-ring (bicyclic) bond motifs is 1. The average molecular weight is 374 g/mol. The van der Waals surface area contributed by atoms with Crippen molar-refractivity contribution in [3.05, 3.63) is 76.1 Å². The van der Waals surface area contributed by atoms with Gasteiger partial charge in [0.2, 0.25) is 5.56 Å². The van der Waals surface area contributed by atoms with Crippen LogP contribution in [-0.4, -0.2) is 15.4 Å². The van der Waals surface area contributed by atoms with E-state index in [1.165, 1.54) is 6.07 Å². The van der Waals surface area contributed by atoms with Crippen LogP contribution in [0, 0.1) is 0 Å². The van der Waals surface area contributed by atoms with Gasteiger partial charge in [0.05, 0.1) is 11.6 Å². The number of H-pyrrole nitrogens is 1. The molecular weight excluding hydrogens is 358 g/mol. The first-order valence-electron chi connectivity index (χ1n) is 7.25. The van der Waals surface area contributed by atoms with Gasteiger partial charge >= 0.3 is 0 Å². The molecule has 3 rings (SSSR count). The monoisotopic (exact) mass is 373 g/mol. The summed E-state index contributed by atoms with van der Waals surface area (Å²) in [6.07, 6.45) is -0.647. The van der Waals surface area contributed by atoms with Gasteiger partial charge < -0.3 is 14.8 Å². The Bertz CT molecular complexity index is 861. The minimum Gasteiger partial charge on any atom is -0.487 e. The summed E-state index contributed by atoms with van der Waals surface area (Å²) in [6, 6.07) is 16.6. The second-order valence-corrected chi connectivity index (χ2v) is 5.86. The lowest BCUT2D eigenvalue weighted by atomic mass is 10.0. The van der Waals surface area contributed by atoms with E-state index >= 15 is 0 Å². The molecular formula is C18H16BrNO3. The van der Waals surface area contributed by atoms with Gasteiger partial charge in [-0.2, -0.15) is 0 Å². The average Bonchev–Trinajstić information content (AvgIpc) is 2.59. The van der Waals surface area contributed by atoms with Crippen molar-refractivity contribution in [1.29, 1.82) is 0 Å². The second-order valence-electron chi connectivity index (χ2n) is 5.21.